The highest BCUT2D eigenvalue weighted by Gasteiger charge is 2.60. The zero-order chi connectivity index (χ0) is 19.2. The van der Waals surface area contributed by atoms with Gasteiger partial charge in [0.1, 0.15) is 0 Å². The van der Waals surface area contributed by atoms with E-state index in [9.17, 15) is 13.2 Å². The van der Waals surface area contributed by atoms with Crippen molar-refractivity contribution in [2.75, 3.05) is 25.4 Å². The Balaban J connectivity index is 1.27. The van der Waals surface area contributed by atoms with E-state index >= 15 is 0 Å². The highest BCUT2D eigenvalue weighted by atomic mass is 32.2. The van der Waals surface area contributed by atoms with Gasteiger partial charge >= 0.3 is 6.18 Å². The number of aryl methyl sites for hydroxylation is 2. The molecule has 2 aliphatic rings. The van der Waals surface area contributed by atoms with E-state index in [0.29, 0.717) is 5.92 Å². The van der Waals surface area contributed by atoms with Crippen molar-refractivity contribution in [1.29, 1.82) is 0 Å². The zero-order valence-electron chi connectivity index (χ0n) is 15.6. The van der Waals surface area contributed by atoms with Crippen LogP contribution in [0, 0.1) is 19.8 Å². The Morgan fingerprint density at radius 3 is 2.63 bits per heavy atom. The van der Waals surface area contributed by atoms with Gasteiger partial charge in [-0.15, -0.1) is 0 Å². The molecule has 1 aromatic carbocycles. The lowest BCUT2D eigenvalue weighted by molar-refractivity contribution is -0.137. The largest absolute Gasteiger partial charge is 0.416 e. The molecule has 2 fully saturated rings. The first kappa shape index (κ1) is 18.9. The molecule has 0 unspecified atom stereocenters. The number of imidazole rings is 1. The van der Waals surface area contributed by atoms with Gasteiger partial charge in [0.25, 0.3) is 0 Å². The van der Waals surface area contributed by atoms with Crippen molar-refractivity contribution in [3.05, 3.63) is 46.8 Å². The third kappa shape index (κ3) is 3.76. The molecule has 0 spiro atoms. The average molecular weight is 395 g/mol. The van der Waals surface area contributed by atoms with E-state index < -0.39 is 11.7 Å². The first-order valence-electron chi connectivity index (χ1n) is 9.34. The monoisotopic (exact) mass is 395 g/mol. The number of hydrogen-bond donors (Lipinski definition) is 1. The minimum Gasteiger partial charge on any atom is -0.337 e. The molecule has 1 N–H and O–H groups in total. The standard InChI is InChI=1S/C20H24F3N3S/c1-13-14(2)25-18(24-13)27-9-3-8-26-11-17-10-19(17,12-26)15-4-6-16(7-5-15)20(21,22)23/h4-7,17H,3,8-12H2,1-2H3,(H,24,25)/t17-,19+/m0/s1. The van der Waals surface area contributed by atoms with Gasteiger partial charge in [-0.2, -0.15) is 13.2 Å². The van der Waals surface area contributed by atoms with Gasteiger partial charge in [0, 0.05) is 30.0 Å². The van der Waals surface area contributed by atoms with Gasteiger partial charge in [0.05, 0.1) is 11.3 Å². The third-order valence-corrected chi connectivity index (χ3v) is 6.93. The van der Waals surface area contributed by atoms with Gasteiger partial charge in [-0.25, -0.2) is 4.98 Å². The number of hydrogen-bond acceptors (Lipinski definition) is 3. The van der Waals surface area contributed by atoms with E-state index in [4.69, 9.17) is 0 Å². The molecule has 1 saturated heterocycles. The van der Waals surface area contributed by atoms with Crippen molar-refractivity contribution < 1.29 is 13.2 Å². The molecule has 7 heteroatoms. The molecule has 27 heavy (non-hydrogen) atoms. The molecule has 0 bridgehead atoms. The number of H-pyrrole nitrogens is 1. The number of fused-ring (bicyclic) bond motifs is 1. The highest BCUT2D eigenvalue weighted by molar-refractivity contribution is 7.99. The van der Waals surface area contributed by atoms with Gasteiger partial charge < -0.3 is 9.88 Å². The lowest BCUT2D eigenvalue weighted by Gasteiger charge is -2.21. The van der Waals surface area contributed by atoms with Crippen LogP contribution >= 0.6 is 11.8 Å². The van der Waals surface area contributed by atoms with E-state index in [-0.39, 0.29) is 5.41 Å². The Labute approximate surface area is 161 Å². The molecule has 1 aliphatic heterocycles. The molecule has 2 atom stereocenters. The molecule has 2 aromatic rings. The van der Waals surface area contributed by atoms with E-state index in [1.807, 2.05) is 13.8 Å². The van der Waals surface area contributed by atoms with Gasteiger partial charge in [0.15, 0.2) is 5.16 Å². The molecule has 0 radical (unpaired) electrons. The van der Waals surface area contributed by atoms with Crippen LogP contribution in [0.4, 0.5) is 13.2 Å². The summed E-state index contributed by atoms with van der Waals surface area (Å²) in [5, 5.41) is 0.982. The summed E-state index contributed by atoms with van der Waals surface area (Å²) < 4.78 is 38.3. The number of nitrogens with zero attached hydrogens (tertiary/aromatic N) is 2. The predicted molar refractivity (Wildman–Crippen MR) is 101 cm³/mol. The SMILES string of the molecule is Cc1nc(SCCCN2C[C@@H]3C[C@]3(c3ccc(C(F)(F)F)cc3)C2)[nH]c1C. The van der Waals surface area contributed by atoms with Crippen LogP contribution in [0.25, 0.3) is 0 Å². The number of aromatic amines is 1. The van der Waals surface area contributed by atoms with E-state index in [1.54, 1.807) is 23.9 Å². The normalized spacial score (nSPS) is 25.0. The fraction of sp³-hybridized carbons (Fsp3) is 0.550. The molecule has 0 amide bonds. The Kier molecular flexibility index (Phi) is 4.79. The number of nitrogens with one attached hydrogen (secondary N) is 1. The fourth-order valence-corrected chi connectivity index (χ4v) is 5.13. The predicted octanol–water partition coefficient (Wildman–Crippen LogP) is 4.80. The molecular formula is C20H24F3N3S. The second kappa shape index (κ2) is 6.85. The highest BCUT2D eigenvalue weighted by Crippen LogP contribution is 2.59. The van der Waals surface area contributed by atoms with Gasteiger partial charge in [-0.1, -0.05) is 23.9 Å². The quantitative estimate of drug-likeness (QED) is 0.563. The van der Waals surface area contributed by atoms with Crippen molar-refractivity contribution in [2.45, 2.75) is 43.4 Å². The smallest absolute Gasteiger partial charge is 0.337 e. The molecular weight excluding hydrogens is 371 g/mol. The van der Waals surface area contributed by atoms with Crippen molar-refractivity contribution in [3.8, 4) is 0 Å². The van der Waals surface area contributed by atoms with Crippen molar-refractivity contribution in [3.63, 3.8) is 0 Å². The lowest BCUT2D eigenvalue weighted by Crippen LogP contribution is -2.28. The summed E-state index contributed by atoms with van der Waals surface area (Å²) in [6.45, 7) is 7.10. The third-order valence-electron chi connectivity index (χ3n) is 5.97. The number of piperidine rings is 1. The fourth-order valence-electron chi connectivity index (χ4n) is 4.24. The Morgan fingerprint density at radius 1 is 1.26 bits per heavy atom. The topological polar surface area (TPSA) is 31.9 Å². The van der Waals surface area contributed by atoms with Crippen LogP contribution in [0.3, 0.4) is 0 Å². The second-order valence-corrected chi connectivity index (χ2v) is 8.91. The number of thioether (sulfide) groups is 1. The summed E-state index contributed by atoms with van der Waals surface area (Å²) in [7, 11) is 0. The van der Waals surface area contributed by atoms with E-state index in [1.165, 1.54) is 12.1 Å². The number of halogens is 3. The van der Waals surface area contributed by atoms with Crippen LogP contribution in [-0.4, -0.2) is 40.3 Å². The Hall–Kier alpha value is -1.47. The summed E-state index contributed by atoms with van der Waals surface area (Å²) in [5.74, 6) is 1.61. The summed E-state index contributed by atoms with van der Waals surface area (Å²) in [4.78, 5) is 10.2. The molecule has 1 aromatic heterocycles. The van der Waals surface area contributed by atoms with Crippen LogP contribution in [0.5, 0.6) is 0 Å². The first-order chi connectivity index (χ1) is 12.8. The maximum absolute atomic E-state index is 12.8. The van der Waals surface area contributed by atoms with Crippen molar-refractivity contribution in [2.24, 2.45) is 5.92 Å². The average Bonchev–Trinajstić information content (AvgIpc) is 3.03. The van der Waals surface area contributed by atoms with Crippen LogP contribution in [0.1, 0.15) is 35.4 Å². The van der Waals surface area contributed by atoms with E-state index in [2.05, 4.69) is 14.9 Å². The van der Waals surface area contributed by atoms with Crippen molar-refractivity contribution >= 4 is 11.8 Å². The number of aromatic nitrogens is 2. The molecule has 1 saturated carbocycles. The summed E-state index contributed by atoms with van der Waals surface area (Å²) >= 11 is 1.75. The summed E-state index contributed by atoms with van der Waals surface area (Å²) in [6, 6.07) is 5.83. The zero-order valence-corrected chi connectivity index (χ0v) is 16.4. The van der Waals surface area contributed by atoms with Crippen LogP contribution in [0.15, 0.2) is 29.4 Å². The number of alkyl halides is 3. The van der Waals surface area contributed by atoms with Gasteiger partial charge in [0.2, 0.25) is 0 Å². The van der Waals surface area contributed by atoms with Gasteiger partial charge in [-0.3, -0.25) is 0 Å². The minimum atomic E-state index is -4.26. The molecule has 4 rings (SSSR count). The van der Waals surface area contributed by atoms with Crippen LogP contribution < -0.4 is 0 Å². The van der Waals surface area contributed by atoms with Crippen molar-refractivity contribution in [1.82, 2.24) is 14.9 Å². The Morgan fingerprint density at radius 2 is 2.00 bits per heavy atom. The van der Waals surface area contributed by atoms with Gasteiger partial charge in [-0.05, 0) is 56.8 Å². The molecule has 3 nitrogen and oxygen atoms in total. The van der Waals surface area contributed by atoms with E-state index in [0.717, 1.165) is 60.3 Å². The van der Waals surface area contributed by atoms with Crippen LogP contribution in [0.2, 0.25) is 0 Å². The first-order valence-corrected chi connectivity index (χ1v) is 10.3. The number of benzene rings is 1. The van der Waals surface area contributed by atoms with Crippen LogP contribution in [-0.2, 0) is 11.6 Å². The molecule has 2 heterocycles. The number of likely N-dealkylation sites (tertiary alicyclic amines) is 1. The second-order valence-electron chi connectivity index (χ2n) is 7.82. The minimum absolute atomic E-state index is 0.0898. The summed E-state index contributed by atoms with van der Waals surface area (Å²) in [5.41, 5.74) is 2.77. The maximum Gasteiger partial charge on any atom is 0.416 e. The Bertz CT molecular complexity index is 795. The maximum atomic E-state index is 12.8. The lowest BCUT2D eigenvalue weighted by atomic mass is 9.94. The molecule has 146 valence electrons. The molecule has 1 aliphatic carbocycles. The summed E-state index contributed by atoms with van der Waals surface area (Å²) in [6.07, 6.45) is -2.07. The number of rotatable bonds is 6.